The van der Waals surface area contributed by atoms with Gasteiger partial charge in [0, 0.05) is 36.5 Å². The van der Waals surface area contributed by atoms with Crippen molar-refractivity contribution in [2.24, 2.45) is 0 Å². The minimum absolute atomic E-state index is 0.109. The van der Waals surface area contributed by atoms with Crippen LogP contribution < -0.4 is 9.47 Å². The average molecular weight is 739 g/mol. The molecule has 2 N–H and O–H groups in total. The van der Waals surface area contributed by atoms with Crippen LogP contribution in [0.1, 0.15) is 33.4 Å². The van der Waals surface area contributed by atoms with E-state index >= 15 is 0 Å². The molecule has 0 aliphatic heterocycles. The Morgan fingerprint density at radius 1 is 0.393 bits per heavy atom. The van der Waals surface area contributed by atoms with Crippen LogP contribution in [0.4, 0.5) is 0 Å². The molecular formula is C50H42O6. The second-order valence-corrected chi connectivity index (χ2v) is 13.7. The summed E-state index contributed by atoms with van der Waals surface area (Å²) in [5, 5.41) is 30.3. The van der Waals surface area contributed by atoms with Crippen LogP contribution >= 0.6 is 0 Å². The lowest BCUT2D eigenvalue weighted by Crippen LogP contribution is -2.30. The summed E-state index contributed by atoms with van der Waals surface area (Å²) in [6.07, 6.45) is 0. The highest BCUT2D eigenvalue weighted by Crippen LogP contribution is 2.55. The Labute approximate surface area is 326 Å². The Bertz CT molecular complexity index is 2310. The van der Waals surface area contributed by atoms with Gasteiger partial charge in [-0.05, 0) is 55.9 Å². The zero-order valence-corrected chi connectivity index (χ0v) is 31.3. The first kappa shape index (κ1) is 36.7. The minimum atomic E-state index is -1.68. The first-order chi connectivity index (χ1) is 27.5. The molecule has 0 aliphatic carbocycles. The van der Waals surface area contributed by atoms with Crippen LogP contribution in [0.25, 0.3) is 32.7 Å². The number of rotatable bonds is 13. The lowest BCUT2D eigenvalue weighted by Gasteiger charge is -2.35. The van der Waals surface area contributed by atoms with E-state index in [9.17, 15) is 10.2 Å². The first-order valence-electron chi connectivity index (χ1n) is 18.5. The molecule has 0 saturated heterocycles. The van der Waals surface area contributed by atoms with Crippen molar-refractivity contribution >= 4 is 21.5 Å². The van der Waals surface area contributed by atoms with E-state index in [1.807, 2.05) is 182 Å². The maximum absolute atomic E-state index is 13.4. The molecule has 0 atom stereocenters. The lowest BCUT2D eigenvalue weighted by molar-refractivity contribution is 0.0444. The Balaban J connectivity index is 1.58. The van der Waals surface area contributed by atoms with Gasteiger partial charge in [-0.25, -0.2) is 0 Å². The van der Waals surface area contributed by atoms with E-state index in [1.165, 1.54) is 0 Å². The highest BCUT2D eigenvalue weighted by molar-refractivity contribution is 6.11. The van der Waals surface area contributed by atoms with Gasteiger partial charge in [-0.2, -0.15) is 0 Å². The molecule has 0 radical (unpaired) electrons. The summed E-state index contributed by atoms with van der Waals surface area (Å²) in [6.45, 7) is -0.219. The molecule has 0 unspecified atom stereocenters. The quantitative estimate of drug-likeness (QED) is 0.0906. The number of hydrogen-bond donors (Lipinski definition) is 2. The zero-order valence-electron chi connectivity index (χ0n) is 31.3. The van der Waals surface area contributed by atoms with Gasteiger partial charge >= 0.3 is 0 Å². The topological polar surface area (TPSA) is 77.4 Å². The van der Waals surface area contributed by atoms with E-state index in [0.717, 1.165) is 21.5 Å². The Kier molecular flexibility index (Phi) is 10.4. The summed E-state index contributed by atoms with van der Waals surface area (Å²) in [5.41, 5.74) is 1.61. The third-order valence-corrected chi connectivity index (χ3v) is 10.4. The molecule has 8 aromatic rings. The molecule has 0 fully saturated rings. The smallest absolute Gasteiger partial charge is 0.188 e. The van der Waals surface area contributed by atoms with Gasteiger partial charge in [-0.15, -0.1) is 0 Å². The van der Waals surface area contributed by atoms with Crippen molar-refractivity contribution in [3.63, 3.8) is 0 Å². The maximum Gasteiger partial charge on any atom is 0.188 e. The average Bonchev–Trinajstić information content (AvgIpc) is 3.27. The van der Waals surface area contributed by atoms with E-state index in [-0.39, 0.29) is 13.6 Å². The molecule has 0 bridgehead atoms. The van der Waals surface area contributed by atoms with Crippen LogP contribution in [0.2, 0.25) is 0 Å². The summed E-state index contributed by atoms with van der Waals surface area (Å²) in [6, 6.07) is 58.5. The van der Waals surface area contributed by atoms with E-state index in [4.69, 9.17) is 18.9 Å². The number of benzene rings is 8. The zero-order chi connectivity index (χ0) is 38.5. The van der Waals surface area contributed by atoms with Crippen molar-refractivity contribution in [2.75, 3.05) is 27.8 Å². The molecule has 6 heteroatoms. The van der Waals surface area contributed by atoms with Crippen molar-refractivity contribution in [3.8, 4) is 22.6 Å². The van der Waals surface area contributed by atoms with E-state index in [2.05, 4.69) is 0 Å². The van der Waals surface area contributed by atoms with Gasteiger partial charge in [0.15, 0.2) is 13.6 Å². The standard InChI is InChI=1S/C50H42O6/c1-53-33-55-47-43(49(51,37-21-7-3-8-22-37)38-23-9-4-10-24-38)31-35-19-15-17-29-41(35)45(47)46-42-30-18-16-20-36(42)32-44(48(46)56-34-54-2)50(52,39-25-11-5-12-26-39)40-27-13-6-14-28-40/h3-32,51-52H,33-34H2,1-2H3. The Morgan fingerprint density at radius 3 is 0.982 bits per heavy atom. The summed E-state index contributed by atoms with van der Waals surface area (Å²) < 4.78 is 24.7. The van der Waals surface area contributed by atoms with Gasteiger partial charge in [-0.1, -0.05) is 170 Å². The van der Waals surface area contributed by atoms with Crippen molar-refractivity contribution < 1.29 is 29.2 Å². The monoisotopic (exact) mass is 738 g/mol. The van der Waals surface area contributed by atoms with Gasteiger partial charge in [0.1, 0.15) is 22.7 Å². The molecule has 56 heavy (non-hydrogen) atoms. The molecule has 0 aliphatic rings. The third kappa shape index (κ3) is 6.39. The molecular weight excluding hydrogens is 697 g/mol. The van der Waals surface area contributed by atoms with Crippen molar-refractivity contribution in [1.82, 2.24) is 0 Å². The third-order valence-electron chi connectivity index (χ3n) is 10.4. The number of methoxy groups -OCH3 is 2. The van der Waals surface area contributed by atoms with Gasteiger partial charge in [0.2, 0.25) is 0 Å². The van der Waals surface area contributed by atoms with Crippen molar-refractivity contribution in [2.45, 2.75) is 11.2 Å². The molecule has 0 spiro atoms. The van der Waals surface area contributed by atoms with E-state index in [0.29, 0.717) is 56.0 Å². The van der Waals surface area contributed by atoms with Gasteiger partial charge in [-0.3, -0.25) is 0 Å². The van der Waals surface area contributed by atoms with Crippen molar-refractivity contribution in [3.05, 3.63) is 215 Å². The van der Waals surface area contributed by atoms with Gasteiger partial charge in [0.05, 0.1) is 0 Å². The summed E-state index contributed by atoms with van der Waals surface area (Å²) in [4.78, 5) is 0. The summed E-state index contributed by atoms with van der Waals surface area (Å²) in [7, 11) is 3.15. The second kappa shape index (κ2) is 15.8. The van der Waals surface area contributed by atoms with Crippen LogP contribution in [0.5, 0.6) is 11.5 Å². The number of ether oxygens (including phenoxy) is 4. The van der Waals surface area contributed by atoms with E-state index in [1.54, 1.807) is 14.2 Å². The molecule has 8 rings (SSSR count). The minimum Gasteiger partial charge on any atom is -0.466 e. The van der Waals surface area contributed by atoms with Crippen LogP contribution in [0, 0.1) is 0 Å². The molecule has 8 aromatic carbocycles. The Hall–Kier alpha value is -6.28. The number of hydrogen-bond acceptors (Lipinski definition) is 6. The predicted octanol–water partition coefficient (Wildman–Crippen LogP) is 10.2. The molecule has 0 heterocycles. The van der Waals surface area contributed by atoms with E-state index < -0.39 is 11.2 Å². The molecule has 0 amide bonds. The first-order valence-corrected chi connectivity index (χ1v) is 18.5. The fraction of sp³-hybridized carbons (Fsp3) is 0.120. The SMILES string of the molecule is COCOc1c(C(O)(c2ccccc2)c2ccccc2)cc2ccccc2c1-c1c(OCOC)c(C(O)(c2ccccc2)c2ccccc2)cc2ccccc12. The van der Waals surface area contributed by atoms with Gasteiger partial charge in [0.25, 0.3) is 0 Å². The van der Waals surface area contributed by atoms with Crippen molar-refractivity contribution in [1.29, 1.82) is 0 Å². The van der Waals surface area contributed by atoms with Crippen LogP contribution in [-0.2, 0) is 20.7 Å². The molecule has 278 valence electrons. The second-order valence-electron chi connectivity index (χ2n) is 13.7. The van der Waals surface area contributed by atoms with Gasteiger partial charge < -0.3 is 29.2 Å². The number of aliphatic hydroxyl groups is 2. The normalized spacial score (nSPS) is 11.9. The molecule has 0 saturated carbocycles. The maximum atomic E-state index is 13.4. The fourth-order valence-corrected chi connectivity index (χ4v) is 7.90. The highest BCUT2D eigenvalue weighted by atomic mass is 16.7. The predicted molar refractivity (Wildman–Crippen MR) is 222 cm³/mol. The number of fused-ring (bicyclic) bond motifs is 2. The lowest BCUT2D eigenvalue weighted by atomic mass is 9.75. The van der Waals surface area contributed by atoms with Crippen LogP contribution in [0.15, 0.2) is 182 Å². The fourth-order valence-electron chi connectivity index (χ4n) is 7.90. The highest BCUT2D eigenvalue weighted by Gasteiger charge is 2.42. The van der Waals surface area contributed by atoms with Crippen LogP contribution in [-0.4, -0.2) is 38.0 Å². The van der Waals surface area contributed by atoms with Crippen LogP contribution in [0.3, 0.4) is 0 Å². The largest absolute Gasteiger partial charge is 0.466 e. The molecule has 0 aromatic heterocycles. The molecule has 6 nitrogen and oxygen atoms in total. The summed E-state index contributed by atoms with van der Waals surface area (Å²) >= 11 is 0. The Morgan fingerprint density at radius 2 is 0.679 bits per heavy atom. The summed E-state index contributed by atoms with van der Waals surface area (Å²) in [5.74, 6) is 0.793.